The van der Waals surface area contributed by atoms with Crippen LogP contribution in [0.3, 0.4) is 0 Å². The first-order valence-corrected chi connectivity index (χ1v) is 11.1. The van der Waals surface area contributed by atoms with Gasteiger partial charge < -0.3 is 10.2 Å². The minimum atomic E-state index is -0.379. The van der Waals surface area contributed by atoms with Crippen LogP contribution in [0, 0.1) is 25.1 Å². The maximum atomic E-state index is 13.2. The van der Waals surface area contributed by atoms with E-state index in [4.69, 9.17) is 0 Å². The van der Waals surface area contributed by atoms with Gasteiger partial charge in [-0.2, -0.15) is 5.10 Å². The number of carbonyl (C=O) groups excluding carboxylic acids is 2. The van der Waals surface area contributed by atoms with Gasteiger partial charge in [0.1, 0.15) is 11.4 Å². The molecule has 2 aliphatic rings. The fraction of sp³-hybridized carbons (Fsp3) is 0.417. The molecule has 5 rings (SSSR count). The number of carbonyl (C=O) groups is 2. The van der Waals surface area contributed by atoms with Crippen molar-refractivity contribution >= 4 is 23.1 Å². The van der Waals surface area contributed by atoms with Gasteiger partial charge in [-0.05, 0) is 76.3 Å². The molecular formula is C24H26FN5O2. The lowest BCUT2D eigenvalue weighted by atomic mass is 9.71. The lowest BCUT2D eigenvalue weighted by Gasteiger charge is -2.36. The zero-order valence-corrected chi connectivity index (χ0v) is 18.3. The lowest BCUT2D eigenvalue weighted by Crippen LogP contribution is -2.43. The summed E-state index contributed by atoms with van der Waals surface area (Å²) in [6, 6.07) is 8.03. The van der Waals surface area contributed by atoms with Crippen molar-refractivity contribution < 1.29 is 14.0 Å². The number of hydrogen-bond donors (Lipinski definition) is 1. The van der Waals surface area contributed by atoms with E-state index < -0.39 is 0 Å². The monoisotopic (exact) mass is 435 g/mol. The summed E-state index contributed by atoms with van der Waals surface area (Å²) in [7, 11) is 0. The molecule has 0 unspecified atom stereocenters. The molecule has 8 heteroatoms. The molecule has 3 heterocycles. The number of aromatic nitrogens is 3. The summed E-state index contributed by atoms with van der Waals surface area (Å²) in [5, 5.41) is 7.43. The normalized spacial score (nSPS) is 23.3. The molecule has 32 heavy (non-hydrogen) atoms. The van der Waals surface area contributed by atoms with E-state index >= 15 is 0 Å². The largest absolute Gasteiger partial charge is 0.349 e. The van der Waals surface area contributed by atoms with Gasteiger partial charge in [-0.15, -0.1) is 0 Å². The summed E-state index contributed by atoms with van der Waals surface area (Å²) in [6.07, 6.45) is 5.33. The average Bonchev–Trinajstić information content (AvgIpc) is 3.33. The van der Waals surface area contributed by atoms with Gasteiger partial charge in [-0.1, -0.05) is 0 Å². The molecule has 1 saturated heterocycles. The van der Waals surface area contributed by atoms with Crippen LogP contribution in [0.25, 0.3) is 5.65 Å². The second-order valence-electron chi connectivity index (χ2n) is 9.04. The molecule has 2 aromatic heterocycles. The molecule has 0 radical (unpaired) electrons. The van der Waals surface area contributed by atoms with E-state index in [0.717, 1.165) is 49.2 Å². The maximum absolute atomic E-state index is 13.2. The van der Waals surface area contributed by atoms with E-state index in [0.29, 0.717) is 17.8 Å². The zero-order valence-electron chi connectivity index (χ0n) is 18.3. The highest BCUT2D eigenvalue weighted by Crippen LogP contribution is 2.46. The molecule has 2 amide bonds. The minimum absolute atomic E-state index is 0.0154. The number of aryl methyl sites for hydroxylation is 2. The number of nitrogens with zero attached hydrogens (tertiary/aromatic N) is 4. The van der Waals surface area contributed by atoms with Crippen LogP contribution < -0.4 is 10.2 Å². The van der Waals surface area contributed by atoms with Gasteiger partial charge in [-0.25, -0.2) is 13.9 Å². The smallest absolute Gasteiger partial charge is 0.256 e. The Hall–Kier alpha value is -3.29. The Kier molecular flexibility index (Phi) is 4.95. The van der Waals surface area contributed by atoms with Crippen molar-refractivity contribution in [1.82, 2.24) is 19.9 Å². The van der Waals surface area contributed by atoms with E-state index in [1.165, 1.54) is 12.1 Å². The first-order valence-electron chi connectivity index (χ1n) is 11.1. The third-order valence-corrected chi connectivity index (χ3v) is 6.95. The third kappa shape index (κ3) is 3.43. The first-order chi connectivity index (χ1) is 15.4. The Morgan fingerprint density at radius 1 is 1.16 bits per heavy atom. The molecular weight excluding hydrogens is 409 g/mol. The number of anilines is 1. The van der Waals surface area contributed by atoms with Crippen LogP contribution in [0.2, 0.25) is 0 Å². The molecule has 0 bridgehead atoms. The zero-order chi connectivity index (χ0) is 22.5. The fourth-order valence-corrected chi connectivity index (χ4v) is 5.16. The Morgan fingerprint density at radius 2 is 1.88 bits per heavy atom. The quantitative estimate of drug-likeness (QED) is 0.682. The molecule has 1 spiro atoms. The van der Waals surface area contributed by atoms with Crippen LogP contribution in [0.1, 0.15) is 53.8 Å². The minimum Gasteiger partial charge on any atom is -0.349 e. The molecule has 1 saturated carbocycles. The average molecular weight is 436 g/mol. The van der Waals surface area contributed by atoms with Gasteiger partial charge in [0.2, 0.25) is 5.91 Å². The van der Waals surface area contributed by atoms with Crippen LogP contribution in [0.15, 0.2) is 36.5 Å². The predicted molar refractivity (Wildman–Crippen MR) is 118 cm³/mol. The summed E-state index contributed by atoms with van der Waals surface area (Å²) in [5.41, 5.74) is 3.17. The standard InChI is InChI=1S/C24H26FN5O2/c1-15-13-16(2)30-21(27-15)20(14-26-30)22(31)28-18-7-9-24(10-8-18)11-12-29(23(24)32)19-5-3-17(25)4-6-19/h3-6,13-14,18H,7-12H2,1-2H3,(H,28,31). The number of amides is 2. The van der Waals surface area contributed by atoms with Crippen molar-refractivity contribution in [2.75, 3.05) is 11.4 Å². The lowest BCUT2D eigenvalue weighted by molar-refractivity contribution is -0.127. The SMILES string of the molecule is Cc1cc(C)n2ncc(C(=O)NC3CCC4(CC3)CCN(c3ccc(F)cc3)C4=O)c2n1. The number of rotatable bonds is 3. The second-order valence-corrected chi connectivity index (χ2v) is 9.04. The molecule has 1 aliphatic heterocycles. The van der Waals surface area contributed by atoms with Crippen LogP contribution in [-0.2, 0) is 4.79 Å². The third-order valence-electron chi connectivity index (χ3n) is 6.95. The maximum Gasteiger partial charge on any atom is 0.256 e. The highest BCUT2D eigenvalue weighted by atomic mass is 19.1. The molecule has 1 aromatic carbocycles. The highest BCUT2D eigenvalue weighted by Gasteiger charge is 2.48. The number of fused-ring (bicyclic) bond motifs is 1. The Bertz CT molecular complexity index is 1200. The summed E-state index contributed by atoms with van der Waals surface area (Å²) < 4.78 is 14.9. The van der Waals surface area contributed by atoms with E-state index in [1.54, 1.807) is 27.7 Å². The van der Waals surface area contributed by atoms with Gasteiger partial charge in [-0.3, -0.25) is 9.59 Å². The fourth-order valence-electron chi connectivity index (χ4n) is 5.16. The Labute approximate surface area is 185 Å². The van der Waals surface area contributed by atoms with Crippen molar-refractivity contribution in [2.24, 2.45) is 5.41 Å². The second kappa shape index (κ2) is 7.69. The molecule has 166 valence electrons. The summed E-state index contributed by atoms with van der Waals surface area (Å²) >= 11 is 0. The molecule has 1 N–H and O–H groups in total. The van der Waals surface area contributed by atoms with E-state index in [-0.39, 0.29) is 29.1 Å². The van der Waals surface area contributed by atoms with Gasteiger partial charge >= 0.3 is 0 Å². The molecule has 7 nitrogen and oxygen atoms in total. The van der Waals surface area contributed by atoms with E-state index in [1.807, 2.05) is 19.9 Å². The van der Waals surface area contributed by atoms with Crippen molar-refractivity contribution in [1.29, 1.82) is 0 Å². The van der Waals surface area contributed by atoms with Crippen molar-refractivity contribution in [3.05, 3.63) is 59.3 Å². The number of nitrogens with one attached hydrogen (secondary N) is 1. The summed E-state index contributed by atoms with van der Waals surface area (Å²) in [4.78, 5) is 32.4. The van der Waals surface area contributed by atoms with Crippen molar-refractivity contribution in [3.8, 4) is 0 Å². The van der Waals surface area contributed by atoms with Crippen molar-refractivity contribution in [2.45, 2.75) is 52.0 Å². The van der Waals surface area contributed by atoms with E-state index in [9.17, 15) is 14.0 Å². The molecule has 1 aliphatic carbocycles. The van der Waals surface area contributed by atoms with Gasteiger partial charge in [0.05, 0.1) is 11.6 Å². The number of halogens is 1. The summed E-state index contributed by atoms with van der Waals surface area (Å²) in [6.45, 7) is 4.48. The highest BCUT2D eigenvalue weighted by molar-refractivity contribution is 6.01. The van der Waals surface area contributed by atoms with Gasteiger partial charge in [0, 0.05) is 29.7 Å². The van der Waals surface area contributed by atoms with Crippen molar-refractivity contribution in [3.63, 3.8) is 0 Å². The predicted octanol–water partition coefficient (Wildman–Crippen LogP) is 3.58. The van der Waals surface area contributed by atoms with Crippen LogP contribution in [-0.4, -0.2) is 39.0 Å². The van der Waals surface area contributed by atoms with Gasteiger partial charge in [0.25, 0.3) is 5.91 Å². The number of hydrogen-bond acceptors (Lipinski definition) is 4. The van der Waals surface area contributed by atoms with Crippen LogP contribution in [0.5, 0.6) is 0 Å². The topological polar surface area (TPSA) is 79.6 Å². The first kappa shape index (κ1) is 20.6. The number of benzene rings is 1. The Balaban J connectivity index is 1.25. The molecule has 2 fully saturated rings. The Morgan fingerprint density at radius 3 is 2.59 bits per heavy atom. The molecule has 0 atom stereocenters. The van der Waals surface area contributed by atoms with Crippen LogP contribution in [0.4, 0.5) is 10.1 Å². The molecule has 3 aromatic rings. The van der Waals surface area contributed by atoms with E-state index in [2.05, 4.69) is 15.4 Å². The van der Waals surface area contributed by atoms with Crippen LogP contribution >= 0.6 is 0 Å². The van der Waals surface area contributed by atoms with Gasteiger partial charge in [0.15, 0.2) is 5.65 Å². The summed E-state index contributed by atoms with van der Waals surface area (Å²) in [5.74, 6) is -0.367.